The minimum Gasteiger partial charge on any atom is -0.496 e. The number of carbonyl (C=O) groups is 2. The molecule has 0 bridgehead atoms. The van der Waals surface area contributed by atoms with Crippen LogP contribution in [0.5, 0.6) is 17.2 Å². The zero-order valence-electron chi connectivity index (χ0n) is 12.4. The van der Waals surface area contributed by atoms with E-state index < -0.39 is 0 Å². The van der Waals surface area contributed by atoms with Crippen LogP contribution < -0.4 is 14.2 Å². The Morgan fingerprint density at radius 2 is 1.27 bits per heavy atom. The molecule has 3 rings (SSSR count). The summed E-state index contributed by atoms with van der Waals surface area (Å²) in [5.74, 6) is 0.340. The molecule has 22 heavy (non-hydrogen) atoms. The maximum atomic E-state index is 12.8. The van der Waals surface area contributed by atoms with Crippen molar-refractivity contribution in [2.45, 2.75) is 0 Å². The van der Waals surface area contributed by atoms with Crippen molar-refractivity contribution in [1.29, 1.82) is 0 Å². The lowest BCUT2D eigenvalue weighted by atomic mass is 9.83. The summed E-state index contributed by atoms with van der Waals surface area (Å²) in [5.41, 5.74) is 1.12. The van der Waals surface area contributed by atoms with Crippen molar-refractivity contribution < 1.29 is 23.8 Å². The summed E-state index contributed by atoms with van der Waals surface area (Å²) < 4.78 is 15.8. The molecule has 2 aromatic carbocycles. The number of ketones is 2. The SMILES string of the molecule is COc1cc(OC)c2c(c1OC)C(=O)c1ccccc1C2=O. The quantitative estimate of drug-likeness (QED) is 0.743. The van der Waals surface area contributed by atoms with Gasteiger partial charge in [-0.2, -0.15) is 0 Å². The third-order valence-corrected chi connectivity index (χ3v) is 3.72. The Bertz CT molecular complexity index is 792. The van der Waals surface area contributed by atoms with Gasteiger partial charge in [-0.25, -0.2) is 0 Å². The molecule has 0 heterocycles. The first kappa shape index (κ1) is 14.1. The Kier molecular flexibility index (Phi) is 3.33. The summed E-state index contributed by atoms with van der Waals surface area (Å²) in [6.45, 7) is 0. The lowest BCUT2D eigenvalue weighted by Gasteiger charge is -2.23. The summed E-state index contributed by atoms with van der Waals surface area (Å²) in [5, 5.41) is 0. The average molecular weight is 298 g/mol. The van der Waals surface area contributed by atoms with Crippen molar-refractivity contribution in [2.24, 2.45) is 0 Å². The summed E-state index contributed by atoms with van der Waals surface area (Å²) in [6, 6.07) is 8.26. The first-order valence-electron chi connectivity index (χ1n) is 6.65. The van der Waals surface area contributed by atoms with Crippen LogP contribution in [0.2, 0.25) is 0 Å². The standard InChI is InChI=1S/C17H14O5/c1-20-11-8-12(21-2)17(22-3)14-13(11)15(18)9-6-4-5-7-10(9)16(14)19/h4-8H,1-3H3. The summed E-state index contributed by atoms with van der Waals surface area (Å²) in [7, 11) is 4.34. The molecule has 5 nitrogen and oxygen atoms in total. The van der Waals surface area contributed by atoms with Crippen LogP contribution in [-0.4, -0.2) is 32.9 Å². The molecule has 0 saturated carbocycles. The maximum Gasteiger partial charge on any atom is 0.198 e. The number of carbonyl (C=O) groups excluding carboxylic acids is 2. The molecule has 2 aromatic rings. The number of hydrogen-bond acceptors (Lipinski definition) is 5. The van der Waals surface area contributed by atoms with Gasteiger partial charge in [0.2, 0.25) is 0 Å². The van der Waals surface area contributed by atoms with Gasteiger partial charge in [0, 0.05) is 17.2 Å². The van der Waals surface area contributed by atoms with E-state index in [0.29, 0.717) is 22.6 Å². The van der Waals surface area contributed by atoms with Gasteiger partial charge in [0.05, 0.1) is 32.5 Å². The second-order valence-corrected chi connectivity index (χ2v) is 4.77. The molecule has 0 atom stereocenters. The van der Waals surface area contributed by atoms with E-state index in [2.05, 4.69) is 0 Å². The first-order chi connectivity index (χ1) is 10.6. The Balaban J connectivity index is 2.40. The van der Waals surface area contributed by atoms with Crippen LogP contribution in [0, 0.1) is 0 Å². The van der Waals surface area contributed by atoms with Crippen LogP contribution >= 0.6 is 0 Å². The molecule has 1 aliphatic rings. The highest BCUT2D eigenvalue weighted by Crippen LogP contribution is 2.44. The summed E-state index contributed by atoms with van der Waals surface area (Å²) in [6.07, 6.45) is 0. The van der Waals surface area contributed by atoms with Crippen LogP contribution in [0.4, 0.5) is 0 Å². The zero-order valence-corrected chi connectivity index (χ0v) is 12.4. The molecule has 1 aliphatic carbocycles. The van der Waals surface area contributed by atoms with E-state index in [1.807, 2.05) is 0 Å². The molecule has 0 spiro atoms. The smallest absolute Gasteiger partial charge is 0.198 e. The second-order valence-electron chi connectivity index (χ2n) is 4.77. The van der Waals surface area contributed by atoms with Crippen molar-refractivity contribution in [3.63, 3.8) is 0 Å². The third kappa shape index (κ3) is 1.79. The predicted molar refractivity (Wildman–Crippen MR) is 79.4 cm³/mol. The van der Waals surface area contributed by atoms with E-state index in [1.54, 1.807) is 30.3 Å². The molecule has 0 aromatic heterocycles. The van der Waals surface area contributed by atoms with Gasteiger partial charge in [-0.1, -0.05) is 24.3 Å². The molecule has 0 amide bonds. The van der Waals surface area contributed by atoms with Crippen LogP contribution in [0.15, 0.2) is 30.3 Å². The molecule has 112 valence electrons. The van der Waals surface area contributed by atoms with E-state index in [4.69, 9.17) is 14.2 Å². The van der Waals surface area contributed by atoms with Crippen molar-refractivity contribution in [3.05, 3.63) is 52.6 Å². The molecule has 0 fully saturated rings. The van der Waals surface area contributed by atoms with Gasteiger partial charge in [-0.3, -0.25) is 9.59 Å². The lowest BCUT2D eigenvalue weighted by Crippen LogP contribution is -2.22. The molecular formula is C17H14O5. The summed E-state index contributed by atoms with van der Waals surface area (Å²) >= 11 is 0. The normalized spacial score (nSPS) is 12.5. The fraction of sp³-hybridized carbons (Fsp3) is 0.176. The van der Waals surface area contributed by atoms with Gasteiger partial charge in [0.25, 0.3) is 0 Å². The Labute approximate surface area is 127 Å². The van der Waals surface area contributed by atoms with Crippen molar-refractivity contribution >= 4 is 11.6 Å². The van der Waals surface area contributed by atoms with Gasteiger partial charge < -0.3 is 14.2 Å². The fourth-order valence-electron chi connectivity index (χ4n) is 2.72. The van der Waals surface area contributed by atoms with Gasteiger partial charge in [0.1, 0.15) is 5.75 Å². The van der Waals surface area contributed by atoms with Gasteiger partial charge >= 0.3 is 0 Å². The lowest BCUT2D eigenvalue weighted by molar-refractivity contribution is 0.0973. The zero-order chi connectivity index (χ0) is 15.9. The molecule has 0 saturated heterocycles. The van der Waals surface area contributed by atoms with Crippen molar-refractivity contribution in [1.82, 2.24) is 0 Å². The van der Waals surface area contributed by atoms with Crippen LogP contribution in [-0.2, 0) is 0 Å². The Hall–Kier alpha value is -2.82. The predicted octanol–water partition coefficient (Wildman–Crippen LogP) is 2.49. The van der Waals surface area contributed by atoms with E-state index in [0.717, 1.165) is 0 Å². The Morgan fingerprint density at radius 1 is 0.727 bits per heavy atom. The number of rotatable bonds is 3. The van der Waals surface area contributed by atoms with Gasteiger partial charge in [-0.05, 0) is 0 Å². The number of hydrogen-bond donors (Lipinski definition) is 0. The number of fused-ring (bicyclic) bond motifs is 2. The van der Waals surface area contributed by atoms with Crippen LogP contribution in [0.3, 0.4) is 0 Å². The highest BCUT2D eigenvalue weighted by molar-refractivity contribution is 6.30. The molecule has 5 heteroatoms. The third-order valence-electron chi connectivity index (χ3n) is 3.72. The summed E-state index contributed by atoms with van der Waals surface area (Å²) in [4.78, 5) is 25.6. The number of methoxy groups -OCH3 is 3. The van der Waals surface area contributed by atoms with E-state index in [9.17, 15) is 9.59 Å². The van der Waals surface area contributed by atoms with E-state index in [-0.39, 0.29) is 28.4 Å². The first-order valence-corrected chi connectivity index (χ1v) is 6.65. The van der Waals surface area contributed by atoms with E-state index in [1.165, 1.54) is 21.3 Å². The minimum absolute atomic E-state index is 0.183. The second kappa shape index (κ2) is 5.18. The molecule has 0 radical (unpaired) electrons. The van der Waals surface area contributed by atoms with Gasteiger partial charge in [-0.15, -0.1) is 0 Å². The van der Waals surface area contributed by atoms with Gasteiger partial charge in [0.15, 0.2) is 23.1 Å². The number of benzene rings is 2. The average Bonchev–Trinajstić information content (AvgIpc) is 2.57. The molecule has 0 aliphatic heterocycles. The van der Waals surface area contributed by atoms with E-state index >= 15 is 0 Å². The fourth-order valence-corrected chi connectivity index (χ4v) is 2.72. The highest BCUT2D eigenvalue weighted by atomic mass is 16.5. The van der Waals surface area contributed by atoms with Crippen LogP contribution in [0.25, 0.3) is 0 Å². The highest BCUT2D eigenvalue weighted by Gasteiger charge is 2.36. The van der Waals surface area contributed by atoms with Crippen molar-refractivity contribution in [3.8, 4) is 17.2 Å². The molecular weight excluding hydrogens is 284 g/mol. The van der Waals surface area contributed by atoms with Crippen LogP contribution in [0.1, 0.15) is 31.8 Å². The van der Waals surface area contributed by atoms with Crippen molar-refractivity contribution in [2.75, 3.05) is 21.3 Å². The number of ether oxygens (including phenoxy) is 3. The maximum absolute atomic E-state index is 12.8. The minimum atomic E-state index is -0.278. The monoisotopic (exact) mass is 298 g/mol. The largest absolute Gasteiger partial charge is 0.496 e. The Morgan fingerprint density at radius 3 is 1.77 bits per heavy atom. The molecule has 0 N–H and O–H groups in total. The molecule has 0 unspecified atom stereocenters. The topological polar surface area (TPSA) is 61.8 Å².